The standard InChI is InChI=1S/C10H11N5O2/c1-14-6-7(5-12-14)13-9-4-2-3-8(11)10(9)15(16)17/h2-6,13H,11H2,1H3. The lowest BCUT2D eigenvalue weighted by Crippen LogP contribution is -2.00. The van der Waals surface area contributed by atoms with E-state index in [-0.39, 0.29) is 11.4 Å². The van der Waals surface area contributed by atoms with Crippen molar-refractivity contribution in [1.29, 1.82) is 0 Å². The van der Waals surface area contributed by atoms with Gasteiger partial charge in [0.15, 0.2) is 0 Å². The lowest BCUT2D eigenvalue weighted by atomic mass is 10.2. The van der Waals surface area contributed by atoms with Gasteiger partial charge in [-0.3, -0.25) is 14.8 Å². The van der Waals surface area contributed by atoms with Crippen molar-refractivity contribution in [2.24, 2.45) is 7.05 Å². The number of nitro benzene ring substituents is 1. The molecule has 3 N–H and O–H groups in total. The Kier molecular flexibility index (Phi) is 2.65. The molecule has 0 spiro atoms. The number of rotatable bonds is 3. The van der Waals surface area contributed by atoms with Crippen LogP contribution in [0.15, 0.2) is 30.6 Å². The Labute approximate surface area is 97.0 Å². The number of aryl methyl sites for hydroxylation is 1. The lowest BCUT2D eigenvalue weighted by Gasteiger charge is -2.05. The molecule has 0 saturated heterocycles. The number of hydrogen-bond donors (Lipinski definition) is 2. The van der Waals surface area contributed by atoms with Crippen LogP contribution in [0.25, 0.3) is 0 Å². The minimum Gasteiger partial charge on any atom is -0.393 e. The van der Waals surface area contributed by atoms with Gasteiger partial charge in [0.05, 0.1) is 16.8 Å². The van der Waals surface area contributed by atoms with Gasteiger partial charge >= 0.3 is 5.69 Å². The molecule has 0 radical (unpaired) electrons. The average molecular weight is 233 g/mol. The summed E-state index contributed by atoms with van der Waals surface area (Å²) in [6.07, 6.45) is 3.29. The number of nitrogen functional groups attached to an aromatic ring is 1. The van der Waals surface area contributed by atoms with Crippen LogP contribution in [0.3, 0.4) is 0 Å². The van der Waals surface area contributed by atoms with E-state index in [1.165, 1.54) is 6.07 Å². The van der Waals surface area contributed by atoms with Crippen molar-refractivity contribution in [3.8, 4) is 0 Å². The fraction of sp³-hybridized carbons (Fsp3) is 0.100. The minimum absolute atomic E-state index is 0.128. The van der Waals surface area contributed by atoms with E-state index < -0.39 is 4.92 Å². The first-order chi connectivity index (χ1) is 8.08. The Hall–Kier alpha value is -2.57. The number of aromatic nitrogens is 2. The van der Waals surface area contributed by atoms with Gasteiger partial charge in [-0.05, 0) is 12.1 Å². The number of hydrogen-bond acceptors (Lipinski definition) is 5. The van der Waals surface area contributed by atoms with Crippen LogP contribution < -0.4 is 11.1 Å². The van der Waals surface area contributed by atoms with E-state index in [0.29, 0.717) is 11.4 Å². The van der Waals surface area contributed by atoms with E-state index in [9.17, 15) is 10.1 Å². The zero-order chi connectivity index (χ0) is 12.4. The van der Waals surface area contributed by atoms with Crippen molar-refractivity contribution in [1.82, 2.24) is 9.78 Å². The number of nitrogens with zero attached hydrogens (tertiary/aromatic N) is 3. The molecule has 1 aromatic carbocycles. The summed E-state index contributed by atoms with van der Waals surface area (Å²) >= 11 is 0. The topological polar surface area (TPSA) is 99.0 Å². The molecule has 88 valence electrons. The molecule has 17 heavy (non-hydrogen) atoms. The maximum atomic E-state index is 10.9. The third-order valence-corrected chi connectivity index (χ3v) is 2.23. The smallest absolute Gasteiger partial charge is 0.315 e. The van der Waals surface area contributed by atoms with Crippen LogP contribution in [0.4, 0.5) is 22.7 Å². The summed E-state index contributed by atoms with van der Waals surface area (Å²) in [6.45, 7) is 0. The fourth-order valence-corrected chi connectivity index (χ4v) is 1.51. The number of para-hydroxylation sites is 1. The largest absolute Gasteiger partial charge is 0.393 e. The second-order valence-electron chi connectivity index (χ2n) is 3.53. The maximum absolute atomic E-state index is 10.9. The van der Waals surface area contributed by atoms with Crippen molar-refractivity contribution in [2.75, 3.05) is 11.1 Å². The van der Waals surface area contributed by atoms with Gasteiger partial charge in [0.25, 0.3) is 0 Å². The SMILES string of the molecule is Cn1cc(Nc2cccc(N)c2[N+](=O)[O-])cn1. The molecule has 0 aliphatic heterocycles. The summed E-state index contributed by atoms with van der Waals surface area (Å²) in [6, 6.07) is 4.75. The number of benzene rings is 1. The van der Waals surface area contributed by atoms with E-state index in [1.807, 2.05) is 0 Å². The van der Waals surface area contributed by atoms with Crippen molar-refractivity contribution >= 4 is 22.7 Å². The van der Waals surface area contributed by atoms with Gasteiger partial charge in [0, 0.05) is 13.2 Å². The minimum atomic E-state index is -0.506. The highest BCUT2D eigenvalue weighted by Gasteiger charge is 2.17. The Morgan fingerprint density at radius 3 is 2.88 bits per heavy atom. The Morgan fingerprint density at radius 2 is 2.29 bits per heavy atom. The Morgan fingerprint density at radius 1 is 1.53 bits per heavy atom. The van der Waals surface area contributed by atoms with Gasteiger partial charge in [0.2, 0.25) is 0 Å². The Balaban J connectivity index is 2.39. The molecule has 0 bridgehead atoms. The quantitative estimate of drug-likeness (QED) is 0.477. The molecule has 0 fully saturated rings. The zero-order valence-electron chi connectivity index (χ0n) is 9.12. The van der Waals surface area contributed by atoms with Gasteiger partial charge in [-0.15, -0.1) is 0 Å². The summed E-state index contributed by atoms with van der Waals surface area (Å²) < 4.78 is 1.60. The van der Waals surface area contributed by atoms with Gasteiger partial charge < -0.3 is 11.1 Å². The Bertz CT molecular complexity index is 564. The molecular weight excluding hydrogens is 222 g/mol. The predicted octanol–water partition coefficient (Wildman–Crippen LogP) is 1.65. The first-order valence-electron chi connectivity index (χ1n) is 4.86. The average Bonchev–Trinajstić information content (AvgIpc) is 2.63. The van der Waals surface area contributed by atoms with Crippen LogP contribution in [-0.4, -0.2) is 14.7 Å². The number of nitrogens with two attached hydrogens (primary N) is 1. The van der Waals surface area contributed by atoms with Crippen LogP contribution >= 0.6 is 0 Å². The first kappa shape index (κ1) is 10.9. The maximum Gasteiger partial charge on any atom is 0.315 e. The second-order valence-corrected chi connectivity index (χ2v) is 3.53. The molecule has 1 heterocycles. The third-order valence-electron chi connectivity index (χ3n) is 2.23. The molecule has 7 nitrogen and oxygen atoms in total. The zero-order valence-corrected chi connectivity index (χ0v) is 9.12. The van der Waals surface area contributed by atoms with E-state index in [4.69, 9.17) is 5.73 Å². The van der Waals surface area contributed by atoms with Crippen LogP contribution in [0.2, 0.25) is 0 Å². The molecule has 0 aliphatic rings. The van der Waals surface area contributed by atoms with Crippen LogP contribution in [0, 0.1) is 10.1 Å². The van der Waals surface area contributed by atoms with Gasteiger partial charge in [-0.1, -0.05) is 6.07 Å². The molecule has 7 heteroatoms. The van der Waals surface area contributed by atoms with Gasteiger partial charge in [0.1, 0.15) is 11.4 Å². The monoisotopic (exact) mass is 233 g/mol. The summed E-state index contributed by atoms with van der Waals surface area (Å²) in [4.78, 5) is 10.4. The molecule has 2 aromatic rings. The fourth-order valence-electron chi connectivity index (χ4n) is 1.51. The summed E-state index contributed by atoms with van der Waals surface area (Å²) in [5, 5.41) is 17.8. The molecule has 1 aromatic heterocycles. The van der Waals surface area contributed by atoms with E-state index in [2.05, 4.69) is 10.4 Å². The summed E-state index contributed by atoms with van der Waals surface area (Å²) in [5.41, 5.74) is 6.60. The number of nitrogens with one attached hydrogen (secondary N) is 1. The molecule has 0 aliphatic carbocycles. The molecule has 0 saturated carbocycles. The number of anilines is 3. The molecule has 0 amide bonds. The number of nitro groups is 1. The van der Waals surface area contributed by atoms with Crippen molar-refractivity contribution in [3.63, 3.8) is 0 Å². The first-order valence-corrected chi connectivity index (χ1v) is 4.86. The summed E-state index contributed by atoms with van der Waals surface area (Å²) in [5.74, 6) is 0. The van der Waals surface area contributed by atoms with Gasteiger partial charge in [-0.2, -0.15) is 5.10 Å². The third kappa shape index (κ3) is 2.17. The van der Waals surface area contributed by atoms with E-state index >= 15 is 0 Å². The van der Waals surface area contributed by atoms with Crippen molar-refractivity contribution in [2.45, 2.75) is 0 Å². The van der Waals surface area contributed by atoms with E-state index in [0.717, 1.165) is 0 Å². The van der Waals surface area contributed by atoms with E-state index in [1.54, 1.807) is 36.3 Å². The predicted molar refractivity (Wildman–Crippen MR) is 64.0 cm³/mol. The van der Waals surface area contributed by atoms with Crippen LogP contribution in [-0.2, 0) is 7.05 Å². The summed E-state index contributed by atoms with van der Waals surface area (Å²) in [7, 11) is 1.76. The van der Waals surface area contributed by atoms with Gasteiger partial charge in [-0.25, -0.2) is 0 Å². The highest BCUT2D eigenvalue weighted by atomic mass is 16.6. The molecule has 0 unspecified atom stereocenters. The highest BCUT2D eigenvalue weighted by Crippen LogP contribution is 2.32. The lowest BCUT2D eigenvalue weighted by molar-refractivity contribution is -0.383. The molecule has 0 atom stereocenters. The van der Waals surface area contributed by atoms with Crippen molar-refractivity contribution in [3.05, 3.63) is 40.7 Å². The van der Waals surface area contributed by atoms with Crippen molar-refractivity contribution < 1.29 is 4.92 Å². The van der Waals surface area contributed by atoms with Crippen LogP contribution in [0.1, 0.15) is 0 Å². The second kappa shape index (κ2) is 4.12. The highest BCUT2D eigenvalue weighted by molar-refractivity contribution is 5.77. The van der Waals surface area contributed by atoms with Crippen LogP contribution in [0.5, 0.6) is 0 Å². The normalized spacial score (nSPS) is 10.2. The molecular formula is C10H11N5O2. The molecule has 2 rings (SSSR count).